The van der Waals surface area contributed by atoms with E-state index in [0.717, 1.165) is 32.4 Å². The summed E-state index contributed by atoms with van der Waals surface area (Å²) in [6.45, 7) is 4.22. The molecule has 148 valence electrons. The monoisotopic (exact) mass is 388 g/mol. The zero-order chi connectivity index (χ0) is 19.5. The summed E-state index contributed by atoms with van der Waals surface area (Å²) < 4.78 is 5.58. The first kappa shape index (κ1) is 21.5. The van der Waals surface area contributed by atoms with E-state index in [0.29, 0.717) is 13.0 Å². The Morgan fingerprint density at radius 1 is 1.11 bits per heavy atom. The molecule has 0 N–H and O–H groups in total. The highest BCUT2D eigenvalue weighted by atomic mass is 32.1. The number of esters is 1. The van der Waals surface area contributed by atoms with Crippen LogP contribution in [0.25, 0.3) is 0 Å². The van der Waals surface area contributed by atoms with Gasteiger partial charge in [-0.25, -0.2) is 0 Å². The molecular formula is C22H32N2O2S. The van der Waals surface area contributed by atoms with E-state index in [1.807, 2.05) is 20.2 Å². The van der Waals surface area contributed by atoms with Gasteiger partial charge in [-0.1, -0.05) is 44.0 Å². The number of carbonyl (C=O) groups is 1. The Morgan fingerprint density at radius 3 is 2.52 bits per heavy atom. The number of unbranched alkanes of at least 4 members (excludes halogenated alkanes) is 2. The third-order valence-corrected chi connectivity index (χ3v) is 5.49. The van der Waals surface area contributed by atoms with Crippen LogP contribution in [0.2, 0.25) is 0 Å². The van der Waals surface area contributed by atoms with Gasteiger partial charge in [0, 0.05) is 23.5 Å². The van der Waals surface area contributed by atoms with Crippen LogP contribution >= 0.6 is 11.3 Å². The first-order valence-electron chi connectivity index (χ1n) is 9.74. The zero-order valence-electron chi connectivity index (χ0n) is 16.8. The zero-order valence-corrected chi connectivity index (χ0v) is 17.6. The second-order valence-electron chi connectivity index (χ2n) is 7.05. The third-order valence-electron chi connectivity index (χ3n) is 4.63. The lowest BCUT2D eigenvalue weighted by atomic mass is 10.2. The Morgan fingerprint density at radius 2 is 1.89 bits per heavy atom. The standard InChI is InChI=1S/C22H32N2O2S/c1-4-5-7-14-22(25)26-18-20(23(2)3)16-24(17-21-13-10-15-27-21)19-11-8-6-9-12-19/h6,8-13,15,20H,4-5,7,14,16-18H2,1-3H3. The first-order valence-corrected chi connectivity index (χ1v) is 10.6. The van der Waals surface area contributed by atoms with E-state index in [1.165, 1.54) is 10.6 Å². The molecule has 0 bridgehead atoms. The average Bonchev–Trinajstić information content (AvgIpc) is 3.18. The molecule has 1 aromatic carbocycles. The number of rotatable bonds is 12. The van der Waals surface area contributed by atoms with Crippen LogP contribution in [0.4, 0.5) is 5.69 Å². The van der Waals surface area contributed by atoms with E-state index in [9.17, 15) is 4.79 Å². The Bertz CT molecular complexity index is 644. The van der Waals surface area contributed by atoms with Crippen LogP contribution in [-0.4, -0.2) is 44.2 Å². The molecule has 5 heteroatoms. The molecule has 0 saturated carbocycles. The van der Waals surface area contributed by atoms with Crippen molar-refractivity contribution >= 4 is 23.0 Å². The van der Waals surface area contributed by atoms with E-state index >= 15 is 0 Å². The van der Waals surface area contributed by atoms with Gasteiger partial charge in [0.25, 0.3) is 0 Å². The molecule has 4 nitrogen and oxygen atoms in total. The van der Waals surface area contributed by atoms with Crippen LogP contribution in [0, 0.1) is 0 Å². The SMILES string of the molecule is CCCCCC(=O)OCC(CN(Cc1cccs1)c1ccccc1)N(C)C. The lowest BCUT2D eigenvalue weighted by Crippen LogP contribution is -2.43. The van der Waals surface area contributed by atoms with Crippen molar-refractivity contribution in [1.29, 1.82) is 0 Å². The predicted octanol–water partition coefficient (Wildman–Crippen LogP) is 4.81. The fourth-order valence-corrected chi connectivity index (χ4v) is 3.61. The van der Waals surface area contributed by atoms with Gasteiger partial charge in [-0.3, -0.25) is 4.79 Å². The van der Waals surface area contributed by atoms with Gasteiger partial charge < -0.3 is 14.5 Å². The molecule has 1 atom stereocenters. The van der Waals surface area contributed by atoms with Crippen LogP contribution in [-0.2, 0) is 16.1 Å². The van der Waals surface area contributed by atoms with Crippen LogP contribution < -0.4 is 4.90 Å². The summed E-state index contributed by atoms with van der Waals surface area (Å²) >= 11 is 1.77. The topological polar surface area (TPSA) is 32.8 Å². The van der Waals surface area contributed by atoms with Crippen molar-refractivity contribution in [2.45, 2.75) is 45.2 Å². The van der Waals surface area contributed by atoms with Crippen molar-refractivity contribution in [3.8, 4) is 0 Å². The minimum Gasteiger partial charge on any atom is -0.464 e. The molecule has 0 spiro atoms. The molecule has 27 heavy (non-hydrogen) atoms. The number of hydrogen-bond donors (Lipinski definition) is 0. The fraction of sp³-hybridized carbons (Fsp3) is 0.500. The second-order valence-corrected chi connectivity index (χ2v) is 8.09. The molecular weight excluding hydrogens is 356 g/mol. The summed E-state index contributed by atoms with van der Waals surface area (Å²) in [6.07, 6.45) is 3.62. The molecule has 2 rings (SSSR count). The van der Waals surface area contributed by atoms with Crippen molar-refractivity contribution in [3.63, 3.8) is 0 Å². The van der Waals surface area contributed by atoms with Gasteiger partial charge in [0.05, 0.1) is 12.6 Å². The maximum absolute atomic E-state index is 12.0. The molecule has 0 aliphatic carbocycles. The molecule has 1 unspecified atom stereocenters. The van der Waals surface area contributed by atoms with E-state index in [2.05, 4.69) is 58.5 Å². The second kappa shape index (κ2) is 11.8. The number of likely N-dealkylation sites (N-methyl/N-ethyl adjacent to an activating group) is 1. The van der Waals surface area contributed by atoms with E-state index in [1.54, 1.807) is 11.3 Å². The van der Waals surface area contributed by atoms with Crippen molar-refractivity contribution in [3.05, 3.63) is 52.7 Å². The number of thiophene rings is 1. The predicted molar refractivity (Wildman–Crippen MR) is 114 cm³/mol. The summed E-state index contributed by atoms with van der Waals surface area (Å²) in [6, 6.07) is 14.8. The third kappa shape index (κ3) is 7.73. The summed E-state index contributed by atoms with van der Waals surface area (Å²) in [4.78, 5) is 17.8. The van der Waals surface area contributed by atoms with Crippen LogP contribution in [0.3, 0.4) is 0 Å². The molecule has 0 radical (unpaired) electrons. The molecule has 0 fully saturated rings. The highest BCUT2D eigenvalue weighted by molar-refractivity contribution is 7.09. The molecule has 2 aromatic rings. The Balaban J connectivity index is 1.99. The minimum atomic E-state index is -0.0835. The smallest absolute Gasteiger partial charge is 0.305 e. The molecule has 1 heterocycles. The van der Waals surface area contributed by atoms with Gasteiger partial charge in [-0.15, -0.1) is 11.3 Å². The molecule has 1 aromatic heterocycles. The Kier molecular flexibility index (Phi) is 9.36. The van der Waals surface area contributed by atoms with Gasteiger partial charge in [-0.05, 0) is 44.1 Å². The molecule has 0 amide bonds. The highest BCUT2D eigenvalue weighted by Gasteiger charge is 2.19. The van der Waals surface area contributed by atoms with Crippen molar-refractivity contribution in [2.24, 2.45) is 0 Å². The largest absolute Gasteiger partial charge is 0.464 e. The molecule has 0 saturated heterocycles. The summed E-state index contributed by atoms with van der Waals surface area (Å²) in [5, 5.41) is 2.11. The number of para-hydroxylation sites is 1. The van der Waals surface area contributed by atoms with Crippen LogP contribution in [0.1, 0.15) is 37.5 Å². The van der Waals surface area contributed by atoms with Gasteiger partial charge in [0.15, 0.2) is 0 Å². The van der Waals surface area contributed by atoms with Gasteiger partial charge in [0.1, 0.15) is 6.61 Å². The normalized spacial score (nSPS) is 12.1. The van der Waals surface area contributed by atoms with Crippen molar-refractivity contribution in [1.82, 2.24) is 4.90 Å². The molecule has 0 aliphatic heterocycles. The number of ether oxygens (including phenoxy) is 1. The summed E-state index contributed by atoms with van der Waals surface area (Å²) in [7, 11) is 4.09. The van der Waals surface area contributed by atoms with Gasteiger partial charge in [0.2, 0.25) is 0 Å². The fourth-order valence-electron chi connectivity index (χ4n) is 2.89. The van der Waals surface area contributed by atoms with Crippen LogP contribution in [0.5, 0.6) is 0 Å². The average molecular weight is 389 g/mol. The maximum Gasteiger partial charge on any atom is 0.305 e. The van der Waals surface area contributed by atoms with Crippen LogP contribution in [0.15, 0.2) is 47.8 Å². The van der Waals surface area contributed by atoms with Crippen molar-refractivity contribution < 1.29 is 9.53 Å². The lowest BCUT2D eigenvalue weighted by molar-refractivity contribution is -0.145. The van der Waals surface area contributed by atoms with E-state index in [-0.39, 0.29) is 12.0 Å². The Hall–Kier alpha value is -1.85. The summed E-state index contributed by atoms with van der Waals surface area (Å²) in [5.41, 5.74) is 1.19. The molecule has 0 aliphatic rings. The quantitative estimate of drug-likeness (QED) is 0.386. The number of anilines is 1. The number of carbonyl (C=O) groups excluding carboxylic acids is 1. The lowest BCUT2D eigenvalue weighted by Gasteiger charge is -2.32. The number of nitrogens with zero attached hydrogens (tertiary/aromatic N) is 2. The Labute approximate surface area is 167 Å². The minimum absolute atomic E-state index is 0.0835. The van der Waals surface area contributed by atoms with E-state index in [4.69, 9.17) is 4.74 Å². The maximum atomic E-state index is 12.0. The van der Waals surface area contributed by atoms with Crippen molar-refractivity contribution in [2.75, 3.05) is 32.1 Å². The van der Waals surface area contributed by atoms with Gasteiger partial charge in [-0.2, -0.15) is 0 Å². The highest BCUT2D eigenvalue weighted by Crippen LogP contribution is 2.20. The first-order chi connectivity index (χ1) is 13.1. The summed E-state index contributed by atoms with van der Waals surface area (Å²) in [5.74, 6) is -0.0835. The number of benzene rings is 1. The number of hydrogen-bond acceptors (Lipinski definition) is 5. The van der Waals surface area contributed by atoms with E-state index < -0.39 is 0 Å². The van der Waals surface area contributed by atoms with Gasteiger partial charge >= 0.3 is 5.97 Å².